The molecule has 100 valence electrons. The largest absolute Gasteiger partial charge is 0.467 e. The van der Waals surface area contributed by atoms with Gasteiger partial charge in [0.25, 0.3) is 0 Å². The summed E-state index contributed by atoms with van der Waals surface area (Å²) in [6.07, 6.45) is -0.568. The molecule has 2 N–H and O–H groups in total. The minimum absolute atomic E-state index is 0.187. The van der Waals surface area contributed by atoms with Crippen LogP contribution in [0.1, 0.15) is 20.3 Å². The fraction of sp³-hybridized carbons (Fsp3) is 0.778. The molecule has 0 heterocycles. The van der Waals surface area contributed by atoms with Crippen LogP contribution in [0, 0.1) is 0 Å². The Hall–Kier alpha value is -0.910. The van der Waals surface area contributed by atoms with Crippen molar-refractivity contribution in [2.24, 2.45) is 0 Å². The highest BCUT2D eigenvalue weighted by molar-refractivity contribution is 7.52. The van der Waals surface area contributed by atoms with Gasteiger partial charge in [0.05, 0.1) is 7.11 Å². The molecule has 0 rings (SSSR count). The Balaban J connectivity index is 4.86. The molecule has 0 aliphatic rings. The van der Waals surface area contributed by atoms with Crippen LogP contribution in [0.3, 0.4) is 0 Å². The van der Waals surface area contributed by atoms with Crippen LogP contribution in [-0.2, 0) is 18.9 Å². The maximum Gasteiger partial charge on any atom is 0.334 e. The standard InChI is InChI=1S/C9H18NO6P/c1-4-7(9(12)16-3)10(5-2)8(11)6-17(13,14)15/h7H,4-6H2,1-3H3,(H2,13,14,15). The fourth-order valence-electron chi connectivity index (χ4n) is 1.49. The number of methoxy groups -OCH3 is 1. The van der Waals surface area contributed by atoms with E-state index in [4.69, 9.17) is 9.79 Å². The van der Waals surface area contributed by atoms with Crippen LogP contribution in [0.4, 0.5) is 0 Å². The van der Waals surface area contributed by atoms with Crippen molar-refractivity contribution in [3.05, 3.63) is 0 Å². The molecule has 0 spiro atoms. The van der Waals surface area contributed by atoms with Crippen LogP contribution < -0.4 is 0 Å². The highest BCUT2D eigenvalue weighted by Gasteiger charge is 2.31. The Morgan fingerprint density at radius 2 is 1.88 bits per heavy atom. The molecule has 0 aliphatic carbocycles. The van der Waals surface area contributed by atoms with Gasteiger partial charge in [-0.25, -0.2) is 4.79 Å². The minimum Gasteiger partial charge on any atom is -0.467 e. The Bertz CT molecular complexity index is 325. The lowest BCUT2D eigenvalue weighted by Crippen LogP contribution is -2.46. The van der Waals surface area contributed by atoms with E-state index in [1.165, 1.54) is 7.11 Å². The number of likely N-dealkylation sites (N-methyl/N-ethyl adjacent to an activating group) is 1. The van der Waals surface area contributed by atoms with E-state index >= 15 is 0 Å². The smallest absolute Gasteiger partial charge is 0.334 e. The van der Waals surface area contributed by atoms with E-state index in [9.17, 15) is 14.2 Å². The number of nitrogens with zero attached hydrogens (tertiary/aromatic N) is 1. The highest BCUT2D eigenvalue weighted by Crippen LogP contribution is 2.34. The van der Waals surface area contributed by atoms with Crippen LogP contribution in [-0.4, -0.2) is 52.4 Å². The maximum atomic E-state index is 11.6. The summed E-state index contributed by atoms with van der Waals surface area (Å²) in [5, 5.41) is 0. The van der Waals surface area contributed by atoms with Crippen molar-refractivity contribution in [2.75, 3.05) is 19.8 Å². The maximum absolute atomic E-state index is 11.6. The Morgan fingerprint density at radius 1 is 1.35 bits per heavy atom. The number of rotatable bonds is 6. The number of carbonyl (C=O) groups is 2. The summed E-state index contributed by atoms with van der Waals surface area (Å²) in [6, 6.07) is -0.802. The van der Waals surface area contributed by atoms with Crippen LogP contribution in [0.2, 0.25) is 0 Å². The number of esters is 1. The Morgan fingerprint density at radius 3 is 2.18 bits per heavy atom. The SMILES string of the molecule is CCC(C(=O)OC)N(CC)C(=O)CP(=O)(O)O. The molecule has 8 heteroatoms. The number of amides is 1. The third-order valence-corrected chi connectivity index (χ3v) is 2.92. The fourth-order valence-corrected chi connectivity index (χ4v) is 2.02. The highest BCUT2D eigenvalue weighted by atomic mass is 31.2. The summed E-state index contributed by atoms with van der Waals surface area (Å²) in [7, 11) is -3.22. The molecule has 1 unspecified atom stereocenters. The zero-order valence-corrected chi connectivity index (χ0v) is 11.0. The molecular weight excluding hydrogens is 249 g/mol. The van der Waals surface area contributed by atoms with Gasteiger partial charge >= 0.3 is 13.6 Å². The van der Waals surface area contributed by atoms with E-state index < -0.39 is 31.7 Å². The Labute approximate surface area is 99.9 Å². The molecule has 0 saturated heterocycles. The predicted molar refractivity (Wildman–Crippen MR) is 60.4 cm³/mol. The van der Waals surface area contributed by atoms with Gasteiger partial charge in [0.1, 0.15) is 12.2 Å². The molecule has 1 atom stereocenters. The first kappa shape index (κ1) is 16.1. The average molecular weight is 267 g/mol. The molecule has 1 amide bonds. The molecule has 0 aromatic rings. The molecule has 0 fully saturated rings. The molecule has 0 aromatic carbocycles. The van der Waals surface area contributed by atoms with Crippen molar-refractivity contribution in [3.8, 4) is 0 Å². The zero-order chi connectivity index (χ0) is 13.6. The first-order valence-corrected chi connectivity index (χ1v) is 6.98. The monoisotopic (exact) mass is 267 g/mol. The summed E-state index contributed by atoms with van der Waals surface area (Å²) in [6.45, 7) is 3.50. The van der Waals surface area contributed by atoms with E-state index in [2.05, 4.69) is 4.74 Å². The summed E-state index contributed by atoms with van der Waals surface area (Å²) in [5.41, 5.74) is 0. The average Bonchev–Trinajstić information content (AvgIpc) is 2.21. The third-order valence-electron chi connectivity index (χ3n) is 2.24. The first-order chi connectivity index (χ1) is 7.76. The number of ether oxygens (including phenoxy) is 1. The molecule has 0 aliphatic heterocycles. The second-order valence-corrected chi connectivity index (χ2v) is 5.10. The van der Waals surface area contributed by atoms with Crippen LogP contribution >= 0.6 is 7.60 Å². The Kier molecular flexibility index (Phi) is 6.37. The van der Waals surface area contributed by atoms with Gasteiger partial charge in [0.2, 0.25) is 5.91 Å². The van der Waals surface area contributed by atoms with Crippen LogP contribution in [0.15, 0.2) is 0 Å². The predicted octanol–water partition coefficient (Wildman–Crippen LogP) is -0.0358. The molecule has 0 aromatic heterocycles. The second kappa shape index (κ2) is 6.74. The second-order valence-electron chi connectivity index (χ2n) is 3.45. The van der Waals surface area contributed by atoms with Crippen molar-refractivity contribution in [2.45, 2.75) is 26.3 Å². The number of carbonyl (C=O) groups excluding carboxylic acids is 2. The molecule has 0 radical (unpaired) electrons. The molecule has 0 saturated carbocycles. The van der Waals surface area contributed by atoms with Gasteiger partial charge in [-0.05, 0) is 13.3 Å². The van der Waals surface area contributed by atoms with Gasteiger partial charge in [0, 0.05) is 6.54 Å². The topological polar surface area (TPSA) is 104 Å². The molecule has 17 heavy (non-hydrogen) atoms. The summed E-state index contributed by atoms with van der Waals surface area (Å²) < 4.78 is 15.3. The summed E-state index contributed by atoms with van der Waals surface area (Å²) in [5.74, 6) is -1.34. The van der Waals surface area contributed by atoms with Crippen molar-refractivity contribution in [3.63, 3.8) is 0 Å². The first-order valence-electron chi connectivity index (χ1n) is 5.18. The van der Waals surface area contributed by atoms with Crippen molar-refractivity contribution >= 4 is 19.5 Å². The van der Waals surface area contributed by atoms with Crippen LogP contribution in [0.25, 0.3) is 0 Å². The molecule has 0 bridgehead atoms. The third kappa shape index (κ3) is 5.30. The van der Waals surface area contributed by atoms with E-state index in [0.717, 1.165) is 4.90 Å². The van der Waals surface area contributed by atoms with Crippen molar-refractivity contribution in [1.29, 1.82) is 0 Å². The van der Waals surface area contributed by atoms with E-state index in [-0.39, 0.29) is 6.54 Å². The number of hydrogen-bond donors (Lipinski definition) is 2. The van der Waals surface area contributed by atoms with Crippen molar-refractivity contribution < 1.29 is 28.7 Å². The normalized spacial score (nSPS) is 13.0. The van der Waals surface area contributed by atoms with E-state index in [1.54, 1.807) is 13.8 Å². The number of hydrogen-bond acceptors (Lipinski definition) is 4. The van der Waals surface area contributed by atoms with Gasteiger partial charge in [-0.2, -0.15) is 0 Å². The van der Waals surface area contributed by atoms with Gasteiger partial charge < -0.3 is 19.4 Å². The molecule has 7 nitrogen and oxygen atoms in total. The zero-order valence-electron chi connectivity index (χ0n) is 10.1. The lowest BCUT2D eigenvalue weighted by Gasteiger charge is -2.28. The molecular formula is C9H18NO6P. The van der Waals surface area contributed by atoms with E-state index in [0.29, 0.717) is 6.42 Å². The van der Waals surface area contributed by atoms with Crippen LogP contribution in [0.5, 0.6) is 0 Å². The summed E-state index contributed by atoms with van der Waals surface area (Å²) >= 11 is 0. The lowest BCUT2D eigenvalue weighted by molar-refractivity contribution is -0.152. The van der Waals surface area contributed by atoms with Gasteiger partial charge in [0.15, 0.2) is 0 Å². The van der Waals surface area contributed by atoms with Crippen molar-refractivity contribution in [1.82, 2.24) is 4.90 Å². The van der Waals surface area contributed by atoms with Gasteiger partial charge in [-0.15, -0.1) is 0 Å². The van der Waals surface area contributed by atoms with E-state index in [1.807, 2.05) is 0 Å². The van der Waals surface area contributed by atoms with Gasteiger partial charge in [-0.1, -0.05) is 6.92 Å². The van der Waals surface area contributed by atoms with Gasteiger partial charge in [-0.3, -0.25) is 9.36 Å². The minimum atomic E-state index is -4.42. The summed E-state index contributed by atoms with van der Waals surface area (Å²) in [4.78, 5) is 41.6. The quantitative estimate of drug-likeness (QED) is 0.517. The lowest BCUT2D eigenvalue weighted by atomic mass is 10.2.